The molecule has 0 bridgehead atoms. The quantitative estimate of drug-likeness (QED) is 0.0122. The van der Waals surface area contributed by atoms with E-state index in [9.17, 15) is 34.8 Å². The fourth-order valence-electron chi connectivity index (χ4n) is 14.6. The Kier molecular flexibility index (Phi) is 39.4. The Balaban J connectivity index is 0.000000141. The van der Waals surface area contributed by atoms with Gasteiger partial charge in [-0.15, -0.1) is 22.7 Å². The summed E-state index contributed by atoms with van der Waals surface area (Å²) in [7, 11) is -10.7. The summed E-state index contributed by atoms with van der Waals surface area (Å²) in [4.78, 5) is 25.0. The molecule has 774 valence electrons. The van der Waals surface area contributed by atoms with Gasteiger partial charge in [-0.1, -0.05) is 215 Å². The molecule has 0 radical (unpaired) electrons. The zero-order chi connectivity index (χ0) is 103. The Labute approximate surface area is 863 Å². The molecule has 9 heterocycles. The summed E-state index contributed by atoms with van der Waals surface area (Å²) in [6.07, 6.45) is 3.88. The van der Waals surface area contributed by atoms with Crippen molar-refractivity contribution >= 4 is 82.4 Å². The van der Waals surface area contributed by atoms with Crippen molar-refractivity contribution in [3.05, 3.63) is 331 Å². The molecule has 4 N–H and O–H groups in total. The molecule has 2 aromatic heterocycles. The predicted molar refractivity (Wildman–Crippen MR) is 561 cm³/mol. The van der Waals surface area contributed by atoms with Crippen LogP contribution in [-0.2, 0) is 83.1 Å². The molecule has 7 aliphatic heterocycles. The monoisotopic (exact) mass is 2170 g/mol. The van der Waals surface area contributed by atoms with Gasteiger partial charge in [-0.3, -0.25) is 9.59 Å². The maximum atomic E-state index is 12.5. The summed E-state index contributed by atoms with van der Waals surface area (Å²) in [6.45, 7) is 40.4. The minimum Gasteiger partial charge on any atom is -0.491 e. The van der Waals surface area contributed by atoms with Gasteiger partial charge >= 0.3 is 54.2 Å². The van der Waals surface area contributed by atoms with Crippen molar-refractivity contribution in [1.82, 2.24) is 0 Å². The van der Waals surface area contributed by atoms with Crippen molar-refractivity contribution in [2.45, 2.75) is 174 Å². The molecule has 19 nitrogen and oxygen atoms in total. The summed E-state index contributed by atoms with van der Waals surface area (Å²) in [6, 6.07) is 84.8. The summed E-state index contributed by atoms with van der Waals surface area (Å²) < 4.78 is 148. The van der Waals surface area contributed by atoms with Crippen LogP contribution in [0.25, 0.3) is 40.3 Å². The Morgan fingerprint density at radius 1 is 0.396 bits per heavy atom. The van der Waals surface area contributed by atoms with Crippen molar-refractivity contribution in [1.29, 1.82) is 0 Å². The number of ether oxygens (including phenoxy) is 15. The summed E-state index contributed by atoms with van der Waals surface area (Å²) >= 11 is 9.34. The standard InChI is InChI=1S/C21H24O4.C20H26I.C19H20O4.C16H14OS.C15H11ClO2S.C15H26O6.C8H12N2.F6P/c1-21(2,15-3-7-17(8-4-15)22-11-19-13-24-19)16-5-9-18(10-6-16)23-12-20-14-25-20;1-19(2,3)15-7-11-17(12-8-15)21-18-13-9-16(10-14-18)20(4,5)6;1-5-16(20-10-18-12-22-18)6-2-14(1)9-15-3-7-17(8-4-15)21-11-19-13-23-19;1-10(2)11-7-8-15-13(9-11)16(17)12-5-3-4-6-14(12)18-15;1-2-18-11-8-7-10(16)13-14(17)9-5-3-4-6-12(9)19-15(11)13;1-2-15(9-16-3-12-6-19-12,10-17-4-13-7-20-13)11-18-5-14-8-21-14;9-5-7-2-1-3-8(4-7)6-10;1-7(2,3,4,5)6/h3-10,19-20H,11-14H2,1-2H3;7-14H,1-6H3;1-8,18-19H,9-13H2;3-10H,1-2H3;3-8H,2H2,1H3;12-14H,2-11H2,1H3;1-4H,5-6,9-10H2;/q;+1;;;;;;-1. The van der Waals surface area contributed by atoms with E-state index in [4.69, 9.17) is 94.1 Å². The van der Waals surface area contributed by atoms with E-state index >= 15 is 0 Å². The van der Waals surface area contributed by atoms with Crippen LogP contribution in [-0.4, -0.2) is 162 Å². The molecule has 7 unspecified atom stereocenters. The Morgan fingerprint density at radius 2 is 0.743 bits per heavy atom. The molecule has 0 saturated carbocycles. The van der Waals surface area contributed by atoms with Gasteiger partial charge in [-0.05, 0) is 208 Å². The minimum absolute atomic E-state index is 0.0316. The SMILES string of the molecule is CC(C)(C)c1ccc([I+]c2ccc(C(C)(C)C)cc2)cc1.CC(C)(c1ccc(OCC2CO2)cc1)c1ccc(OCC2CO2)cc1.CC(C)c1ccc2sc3ccccc3c(=O)c2c1.CCC(COCC1CO1)(COCC1CO1)COCC1CO1.CCOc1ccc(Cl)c2c(=O)c3ccccc3sc12.F[P-](F)(F)(F)(F)F.NCc1cccc(CN)c1.c1cc(OCC2CO2)ccc1Cc1ccc(OCC2CO2)cc1. The molecule has 7 fully saturated rings. The van der Waals surface area contributed by atoms with Gasteiger partial charge in [0.25, 0.3) is 0 Å². The molecule has 11 aromatic carbocycles. The van der Waals surface area contributed by atoms with E-state index in [1.54, 1.807) is 17.4 Å². The molecule has 7 aliphatic rings. The molecule has 0 amide bonds. The minimum atomic E-state index is -10.7. The van der Waals surface area contributed by atoms with Gasteiger partial charge in [0.1, 0.15) is 97.9 Å². The maximum Gasteiger partial charge on any atom is 0.119 e. The first-order valence-corrected chi connectivity index (χ1v) is 54.9. The van der Waals surface area contributed by atoms with Crippen LogP contribution in [0.1, 0.15) is 145 Å². The second-order valence-electron chi connectivity index (χ2n) is 39.2. The van der Waals surface area contributed by atoms with Crippen LogP contribution >= 0.6 is 42.1 Å². The van der Waals surface area contributed by atoms with E-state index in [0.717, 1.165) is 129 Å². The molecule has 0 spiro atoms. The predicted octanol–water partition coefficient (Wildman–Crippen LogP) is 22.4. The molecule has 7 atom stereocenters. The molecule has 13 aromatic rings. The van der Waals surface area contributed by atoms with E-state index in [2.05, 4.69) is 185 Å². The number of rotatable bonds is 36. The molecule has 144 heavy (non-hydrogen) atoms. The topological polar surface area (TPSA) is 248 Å². The van der Waals surface area contributed by atoms with E-state index in [-0.39, 0.29) is 65.9 Å². The van der Waals surface area contributed by atoms with Crippen molar-refractivity contribution in [2.75, 3.05) is 119 Å². The normalized spacial score (nSPS) is 18.5. The maximum absolute atomic E-state index is 12.5. The number of nitrogens with two attached hydrogens (primary N) is 2. The van der Waals surface area contributed by atoms with Crippen molar-refractivity contribution < 1.29 is 117 Å². The first-order chi connectivity index (χ1) is 68.6. The molecular weight excluding hydrogens is 2040 g/mol. The van der Waals surface area contributed by atoms with Crippen LogP contribution in [0.15, 0.2) is 258 Å². The van der Waals surface area contributed by atoms with Gasteiger partial charge < -0.3 is 82.5 Å². The van der Waals surface area contributed by atoms with Crippen LogP contribution in [0.3, 0.4) is 0 Å². The van der Waals surface area contributed by atoms with Crippen LogP contribution in [0.5, 0.6) is 28.7 Å². The molecule has 0 aliphatic carbocycles. The van der Waals surface area contributed by atoms with Gasteiger partial charge in [0.2, 0.25) is 0 Å². The Hall–Kier alpha value is -9.25. The second-order valence-corrected chi connectivity index (χ2v) is 46.7. The van der Waals surface area contributed by atoms with E-state index in [0.29, 0.717) is 138 Å². The van der Waals surface area contributed by atoms with E-state index in [1.165, 1.54) is 57.4 Å². The van der Waals surface area contributed by atoms with Crippen LogP contribution in [0.2, 0.25) is 5.02 Å². The smallest absolute Gasteiger partial charge is 0.119 e. The van der Waals surface area contributed by atoms with Crippen molar-refractivity contribution in [2.24, 2.45) is 16.9 Å². The van der Waals surface area contributed by atoms with Gasteiger partial charge in [-0.2, -0.15) is 0 Å². The number of hydrogen-bond acceptors (Lipinski definition) is 21. The van der Waals surface area contributed by atoms with E-state index < -0.39 is 7.81 Å². The average molecular weight is 2170 g/mol. The fraction of sp³-hybridized carbons (Fsp3) is 0.404. The first-order valence-electron chi connectivity index (χ1n) is 48.7. The number of fused-ring (bicyclic) bond motifs is 4. The zero-order valence-corrected chi connectivity index (χ0v) is 89.2. The van der Waals surface area contributed by atoms with Crippen molar-refractivity contribution in [3.63, 3.8) is 0 Å². The summed E-state index contributed by atoms with van der Waals surface area (Å²) in [5.41, 5.74) is 22.7. The van der Waals surface area contributed by atoms with Gasteiger partial charge in [0.15, 0.2) is 18.0 Å². The number of benzene rings is 11. The summed E-state index contributed by atoms with van der Waals surface area (Å²) in [5.74, 6) is 4.74. The molecule has 7 saturated heterocycles. The first kappa shape index (κ1) is 112. The number of epoxide rings is 7. The third kappa shape index (κ3) is 38.5. The van der Waals surface area contributed by atoms with Crippen LogP contribution < -0.4 is 67.2 Å². The average Bonchev–Trinajstić information content (AvgIpc) is 1.49. The third-order valence-corrected chi connectivity index (χ3v) is 29.5. The van der Waals surface area contributed by atoms with Gasteiger partial charge in [0, 0.05) is 54.2 Å². The second kappa shape index (κ2) is 50.6. The van der Waals surface area contributed by atoms with Crippen molar-refractivity contribution in [3.8, 4) is 28.7 Å². The zero-order valence-electron chi connectivity index (χ0n) is 83.7. The molecule has 30 heteroatoms. The third-order valence-electron chi connectivity index (χ3n) is 24.2. The summed E-state index contributed by atoms with van der Waals surface area (Å²) in [5, 5.41) is 3.41. The van der Waals surface area contributed by atoms with Crippen LogP contribution in [0.4, 0.5) is 25.2 Å². The van der Waals surface area contributed by atoms with Gasteiger partial charge in [0.05, 0.1) is 108 Å². The molecular formula is C114H133ClF6IN2O17PS2. The largest absolute Gasteiger partial charge is 0.491 e. The fourth-order valence-corrected chi connectivity index (χ4v) is 19.3. The van der Waals surface area contributed by atoms with Gasteiger partial charge in [-0.25, -0.2) is 0 Å². The van der Waals surface area contributed by atoms with Crippen LogP contribution in [0, 0.1) is 12.6 Å². The van der Waals surface area contributed by atoms with E-state index in [1.807, 2.05) is 140 Å². The molecule has 20 rings (SSSR count). The number of halogens is 8. The Bertz CT molecular complexity index is 6130. The number of hydrogen-bond donors (Lipinski definition) is 2. The Morgan fingerprint density at radius 3 is 1.10 bits per heavy atom.